The Bertz CT molecular complexity index is 1830. The Kier molecular flexibility index (Phi) is 6.89. The monoisotopic (exact) mass is 599 g/mol. The molecule has 1 aliphatic carbocycles. The number of carboxylic acids is 1. The number of hydrogen-bond acceptors (Lipinski definition) is 5. The molecule has 3 aromatic carbocycles. The number of aryl methyl sites for hydroxylation is 2. The van der Waals surface area contributed by atoms with Crippen molar-refractivity contribution in [3.8, 4) is 21.7 Å². The van der Waals surface area contributed by atoms with Gasteiger partial charge in [-0.1, -0.05) is 23.7 Å². The molecule has 42 heavy (non-hydrogen) atoms. The molecule has 3 heterocycles. The van der Waals surface area contributed by atoms with Crippen LogP contribution in [0.2, 0.25) is 5.02 Å². The third-order valence-corrected chi connectivity index (χ3v) is 10.1. The minimum absolute atomic E-state index is 0.00799. The highest BCUT2D eigenvalue weighted by Crippen LogP contribution is 2.45. The number of aliphatic carboxylic acids is 1. The lowest BCUT2D eigenvalue weighted by Gasteiger charge is -2.42. The van der Waals surface area contributed by atoms with Crippen LogP contribution in [0.15, 0.2) is 54.7 Å². The van der Waals surface area contributed by atoms with Crippen LogP contribution in [0.25, 0.3) is 42.8 Å². The van der Waals surface area contributed by atoms with Crippen molar-refractivity contribution in [2.45, 2.75) is 57.8 Å². The largest absolute Gasteiger partial charge is 0.479 e. The van der Waals surface area contributed by atoms with E-state index in [0.29, 0.717) is 22.5 Å². The zero-order chi connectivity index (χ0) is 29.3. The topological polar surface area (TPSA) is 67.6 Å². The second-order valence-electron chi connectivity index (χ2n) is 12.1. The lowest BCUT2D eigenvalue weighted by molar-refractivity contribution is -0.151. The maximum atomic E-state index is 12.6. The zero-order valence-corrected chi connectivity index (χ0v) is 25.8. The van der Waals surface area contributed by atoms with Gasteiger partial charge in [-0.3, -0.25) is 4.90 Å². The molecule has 8 heteroatoms. The molecular formula is C34H34ClN3O3S. The molecule has 2 aliphatic rings. The summed E-state index contributed by atoms with van der Waals surface area (Å²) >= 11 is 7.86. The molecular weight excluding hydrogens is 566 g/mol. The van der Waals surface area contributed by atoms with Crippen LogP contribution in [0.1, 0.15) is 55.4 Å². The number of hydrogen-bond donors (Lipinski definition) is 1. The van der Waals surface area contributed by atoms with Crippen LogP contribution in [-0.2, 0) is 16.6 Å². The number of rotatable bonds is 8. The standard InChI is InChI=1S/C34H34ClN3O3S/c1-18(2)38-15-22(16-38)26-17-37(4)28-12-7-21(14-25(26)28)33-36-27-13-19(3)29(31(34(39)40)41-24-10-11-24)30(32(27)42-33)20-5-8-23(35)9-6-20/h5-9,12-14,17-18,22,24,31H,10-11,15-16H2,1-4H3,(H,39,40)/t31-/m0/s1. The molecule has 7 rings (SSSR count). The number of ether oxygens (including phenoxy) is 1. The van der Waals surface area contributed by atoms with Crippen LogP contribution in [-0.4, -0.2) is 50.8 Å². The van der Waals surface area contributed by atoms with Crippen LogP contribution in [0, 0.1) is 6.92 Å². The average molecular weight is 600 g/mol. The minimum atomic E-state index is -1.05. The highest BCUT2D eigenvalue weighted by atomic mass is 35.5. The molecule has 0 bridgehead atoms. The number of carboxylic acid groups (broad SMARTS) is 1. The minimum Gasteiger partial charge on any atom is -0.479 e. The average Bonchev–Trinajstić information content (AvgIpc) is 3.57. The first kappa shape index (κ1) is 27.6. The molecule has 5 aromatic rings. The van der Waals surface area contributed by atoms with Gasteiger partial charge in [0.15, 0.2) is 6.10 Å². The summed E-state index contributed by atoms with van der Waals surface area (Å²) in [5.41, 5.74) is 7.87. The number of fused-ring (bicyclic) bond motifs is 2. The van der Waals surface area contributed by atoms with E-state index in [4.69, 9.17) is 21.3 Å². The summed E-state index contributed by atoms with van der Waals surface area (Å²) in [6, 6.07) is 16.8. The number of likely N-dealkylation sites (tertiary alicyclic amines) is 1. The van der Waals surface area contributed by atoms with Crippen molar-refractivity contribution < 1.29 is 14.6 Å². The summed E-state index contributed by atoms with van der Waals surface area (Å²) in [5.74, 6) is -0.443. The van der Waals surface area contributed by atoms with E-state index in [1.54, 1.807) is 11.3 Å². The van der Waals surface area contributed by atoms with Crippen LogP contribution in [0.4, 0.5) is 0 Å². The molecule has 2 aromatic heterocycles. The van der Waals surface area contributed by atoms with Gasteiger partial charge in [0.1, 0.15) is 5.01 Å². The van der Waals surface area contributed by atoms with Gasteiger partial charge < -0.3 is 14.4 Å². The first-order chi connectivity index (χ1) is 20.2. The van der Waals surface area contributed by atoms with E-state index in [1.807, 2.05) is 37.3 Å². The maximum absolute atomic E-state index is 12.6. The van der Waals surface area contributed by atoms with Crippen molar-refractivity contribution in [2.24, 2.45) is 7.05 Å². The van der Waals surface area contributed by atoms with Gasteiger partial charge in [-0.2, -0.15) is 0 Å². The van der Waals surface area contributed by atoms with E-state index >= 15 is 0 Å². The Hall–Kier alpha value is -3.23. The molecule has 216 valence electrons. The summed E-state index contributed by atoms with van der Waals surface area (Å²) in [7, 11) is 2.12. The molecule has 1 saturated heterocycles. The molecule has 0 unspecified atom stereocenters. The number of aromatic nitrogens is 2. The van der Waals surface area contributed by atoms with E-state index in [-0.39, 0.29) is 6.10 Å². The SMILES string of the molecule is Cc1cc2nc(-c3ccc4c(c3)c(C3CN(C(C)C)C3)cn4C)sc2c(-c2ccc(Cl)cc2)c1[C@H](OC1CC1)C(=O)O. The lowest BCUT2D eigenvalue weighted by Crippen LogP contribution is -2.48. The smallest absolute Gasteiger partial charge is 0.337 e. The molecule has 1 N–H and O–H groups in total. The second-order valence-corrected chi connectivity index (χ2v) is 13.5. The van der Waals surface area contributed by atoms with Gasteiger partial charge in [0.25, 0.3) is 0 Å². The fraction of sp³-hybridized carbons (Fsp3) is 0.353. The van der Waals surface area contributed by atoms with E-state index in [2.05, 4.69) is 54.8 Å². The molecule has 1 saturated carbocycles. The molecule has 0 spiro atoms. The van der Waals surface area contributed by atoms with Crippen molar-refractivity contribution in [3.05, 3.63) is 76.4 Å². The fourth-order valence-corrected chi connectivity index (χ4v) is 7.48. The first-order valence-corrected chi connectivity index (χ1v) is 15.8. The third-order valence-electron chi connectivity index (χ3n) is 8.75. The van der Waals surface area contributed by atoms with Crippen molar-refractivity contribution in [2.75, 3.05) is 13.1 Å². The summed E-state index contributed by atoms with van der Waals surface area (Å²) in [5, 5.41) is 13.1. The molecule has 6 nitrogen and oxygen atoms in total. The van der Waals surface area contributed by atoms with Gasteiger partial charge in [-0.25, -0.2) is 9.78 Å². The van der Waals surface area contributed by atoms with Crippen molar-refractivity contribution in [3.63, 3.8) is 0 Å². The van der Waals surface area contributed by atoms with E-state index < -0.39 is 12.1 Å². The summed E-state index contributed by atoms with van der Waals surface area (Å²) < 4.78 is 9.28. The molecule has 1 aliphatic heterocycles. The normalized spacial score (nSPS) is 16.9. The molecule has 0 radical (unpaired) electrons. The van der Waals surface area contributed by atoms with Crippen molar-refractivity contribution >= 4 is 50.0 Å². The Morgan fingerprint density at radius 1 is 1.10 bits per heavy atom. The van der Waals surface area contributed by atoms with Crippen molar-refractivity contribution in [1.82, 2.24) is 14.5 Å². The highest BCUT2D eigenvalue weighted by molar-refractivity contribution is 7.22. The zero-order valence-electron chi connectivity index (χ0n) is 24.2. The Morgan fingerprint density at radius 3 is 2.48 bits per heavy atom. The summed E-state index contributed by atoms with van der Waals surface area (Å²) in [6.45, 7) is 8.64. The van der Waals surface area contributed by atoms with Gasteiger partial charge in [-0.05, 0) is 86.7 Å². The number of halogens is 1. The summed E-state index contributed by atoms with van der Waals surface area (Å²) in [6.07, 6.45) is 3.02. The van der Waals surface area contributed by atoms with Gasteiger partial charge in [-0.15, -0.1) is 11.3 Å². The van der Waals surface area contributed by atoms with Gasteiger partial charge in [0, 0.05) is 70.9 Å². The van der Waals surface area contributed by atoms with Gasteiger partial charge in [0.2, 0.25) is 0 Å². The Labute approximate surface area is 254 Å². The van der Waals surface area contributed by atoms with Crippen molar-refractivity contribution in [1.29, 1.82) is 0 Å². The predicted molar refractivity (Wildman–Crippen MR) is 171 cm³/mol. The van der Waals surface area contributed by atoms with Crippen LogP contribution >= 0.6 is 22.9 Å². The van der Waals surface area contributed by atoms with E-state index in [9.17, 15) is 9.90 Å². The number of carbonyl (C=O) groups is 1. The second kappa shape index (κ2) is 10.5. The Balaban J connectivity index is 1.37. The molecule has 1 atom stereocenters. The van der Waals surface area contributed by atoms with Gasteiger partial charge in [0.05, 0.1) is 16.3 Å². The van der Waals surface area contributed by atoms with Crippen LogP contribution in [0.5, 0.6) is 0 Å². The van der Waals surface area contributed by atoms with E-state index in [1.165, 1.54) is 16.5 Å². The number of nitrogens with zero attached hydrogens (tertiary/aromatic N) is 3. The summed E-state index contributed by atoms with van der Waals surface area (Å²) in [4.78, 5) is 20.2. The molecule has 0 amide bonds. The van der Waals surface area contributed by atoms with Crippen LogP contribution in [0.3, 0.4) is 0 Å². The highest BCUT2D eigenvalue weighted by Gasteiger charge is 2.35. The third kappa shape index (κ3) is 4.82. The van der Waals surface area contributed by atoms with E-state index in [0.717, 1.165) is 63.4 Å². The quantitative estimate of drug-likeness (QED) is 0.195. The lowest BCUT2D eigenvalue weighted by atomic mass is 9.90. The molecule has 2 fully saturated rings. The number of benzene rings is 3. The first-order valence-electron chi connectivity index (χ1n) is 14.6. The fourth-order valence-electron chi connectivity index (χ4n) is 6.23. The number of thiazole rings is 1. The maximum Gasteiger partial charge on any atom is 0.337 e. The Morgan fingerprint density at radius 2 is 1.81 bits per heavy atom. The predicted octanol–water partition coefficient (Wildman–Crippen LogP) is 8.20. The van der Waals surface area contributed by atoms with Gasteiger partial charge >= 0.3 is 5.97 Å². The van der Waals surface area contributed by atoms with Crippen LogP contribution < -0.4 is 0 Å².